The van der Waals surface area contributed by atoms with E-state index >= 15 is 0 Å². The Morgan fingerprint density at radius 3 is 2.04 bits per heavy atom. The van der Waals surface area contributed by atoms with Gasteiger partial charge in [0.15, 0.2) is 6.29 Å². The molecule has 2 fully saturated rings. The van der Waals surface area contributed by atoms with Crippen molar-refractivity contribution in [1.29, 1.82) is 0 Å². The molecule has 0 aromatic heterocycles. The van der Waals surface area contributed by atoms with Gasteiger partial charge in [-0.3, -0.25) is 0 Å². The molecule has 2 aliphatic rings. The summed E-state index contributed by atoms with van der Waals surface area (Å²) in [6.07, 6.45) is -5.00. The van der Waals surface area contributed by atoms with Crippen LogP contribution in [0.2, 0.25) is 0 Å². The first-order valence-electron chi connectivity index (χ1n) is 7.93. The predicted octanol–water partition coefficient (Wildman–Crippen LogP) is 3.69. The van der Waals surface area contributed by atoms with Crippen LogP contribution in [-0.2, 0) is 19.0 Å². The molecule has 0 amide bonds. The molecule has 1 heterocycles. The topological polar surface area (TPSA) is 44.8 Å². The highest BCUT2D eigenvalue weighted by Crippen LogP contribution is 2.34. The molecular weight excluding hydrogens is 339 g/mol. The first-order chi connectivity index (χ1) is 11.0. The summed E-state index contributed by atoms with van der Waals surface area (Å²) in [5, 5.41) is 0. The van der Waals surface area contributed by atoms with Crippen molar-refractivity contribution in [1.82, 2.24) is 0 Å². The van der Waals surface area contributed by atoms with Crippen LogP contribution < -0.4 is 0 Å². The van der Waals surface area contributed by atoms with Crippen molar-refractivity contribution in [2.75, 3.05) is 13.2 Å². The van der Waals surface area contributed by atoms with Crippen molar-refractivity contribution in [2.24, 2.45) is 11.8 Å². The van der Waals surface area contributed by atoms with Crippen LogP contribution in [0.1, 0.15) is 39.0 Å². The minimum absolute atomic E-state index is 0.0334. The highest BCUT2D eigenvalue weighted by molar-refractivity contribution is 5.75. The van der Waals surface area contributed by atoms with Crippen molar-refractivity contribution in [3.63, 3.8) is 0 Å². The van der Waals surface area contributed by atoms with Gasteiger partial charge in [0, 0.05) is 18.3 Å². The Bertz CT molecular complexity index is 419. The molecule has 24 heavy (non-hydrogen) atoms. The number of hydrogen-bond acceptors (Lipinski definition) is 4. The molecular formula is C15H21F5O4. The lowest BCUT2D eigenvalue weighted by Gasteiger charge is -2.37. The third-order valence-electron chi connectivity index (χ3n) is 4.25. The third-order valence-corrected chi connectivity index (χ3v) is 4.25. The normalized spacial score (nSPS) is 32.4. The van der Waals surface area contributed by atoms with Crippen LogP contribution in [0, 0.1) is 11.8 Å². The van der Waals surface area contributed by atoms with E-state index in [9.17, 15) is 26.7 Å². The molecule has 0 aromatic rings. The van der Waals surface area contributed by atoms with Crippen LogP contribution in [0.3, 0.4) is 0 Å². The van der Waals surface area contributed by atoms with Gasteiger partial charge in [0.05, 0.1) is 13.2 Å². The second-order valence-corrected chi connectivity index (χ2v) is 6.62. The quantitative estimate of drug-likeness (QED) is 0.567. The molecule has 0 bridgehead atoms. The van der Waals surface area contributed by atoms with Crippen LogP contribution in [0.15, 0.2) is 0 Å². The van der Waals surface area contributed by atoms with E-state index in [-0.39, 0.29) is 31.5 Å². The first-order valence-corrected chi connectivity index (χ1v) is 7.93. The molecule has 1 saturated carbocycles. The fraction of sp³-hybridized carbons (Fsp3) is 0.933. The number of ether oxygens (including phenoxy) is 3. The van der Waals surface area contributed by atoms with E-state index < -0.39 is 30.5 Å². The van der Waals surface area contributed by atoms with Gasteiger partial charge >= 0.3 is 12.1 Å². The summed E-state index contributed by atoms with van der Waals surface area (Å²) in [7, 11) is 0. The lowest BCUT2D eigenvalue weighted by Crippen LogP contribution is -2.41. The van der Waals surface area contributed by atoms with Gasteiger partial charge in [-0.25, -0.2) is 13.6 Å². The standard InChI is InChI=1S/C15H21F5O4/c1-14(16,17)6-9-7-22-12(23-8-9)10-2-4-11(5-3-10)24-13(21)15(18,19)20/h9-12H,2-8H2,1H3. The van der Waals surface area contributed by atoms with Crippen LogP contribution in [-0.4, -0.2) is 43.7 Å². The highest BCUT2D eigenvalue weighted by atomic mass is 19.4. The number of hydrogen-bond donors (Lipinski definition) is 0. The number of esters is 1. The molecule has 4 nitrogen and oxygen atoms in total. The van der Waals surface area contributed by atoms with Crippen LogP contribution in [0.5, 0.6) is 0 Å². The maximum absolute atomic E-state index is 13.0. The van der Waals surface area contributed by atoms with Crippen LogP contribution in [0.4, 0.5) is 22.0 Å². The number of carbonyl (C=O) groups is 1. The molecule has 0 aromatic carbocycles. The number of alkyl halides is 5. The van der Waals surface area contributed by atoms with Crippen molar-refractivity contribution in [3.8, 4) is 0 Å². The van der Waals surface area contributed by atoms with Crippen molar-refractivity contribution < 1.29 is 41.0 Å². The fourth-order valence-corrected chi connectivity index (χ4v) is 3.15. The molecule has 0 radical (unpaired) electrons. The summed E-state index contributed by atoms with van der Waals surface area (Å²) >= 11 is 0. The molecule has 0 unspecified atom stereocenters. The van der Waals surface area contributed by atoms with Gasteiger partial charge in [-0.15, -0.1) is 0 Å². The van der Waals surface area contributed by atoms with Crippen molar-refractivity contribution in [3.05, 3.63) is 0 Å². The van der Waals surface area contributed by atoms with Gasteiger partial charge in [-0.2, -0.15) is 13.2 Å². The molecule has 0 N–H and O–H groups in total. The fourth-order valence-electron chi connectivity index (χ4n) is 3.15. The van der Waals surface area contributed by atoms with Gasteiger partial charge < -0.3 is 14.2 Å². The molecule has 2 rings (SSSR count). The average molecular weight is 360 g/mol. The van der Waals surface area contributed by atoms with Gasteiger partial charge in [-0.1, -0.05) is 0 Å². The average Bonchev–Trinajstić information content (AvgIpc) is 2.46. The maximum Gasteiger partial charge on any atom is 0.490 e. The van der Waals surface area contributed by atoms with Crippen molar-refractivity contribution >= 4 is 5.97 Å². The van der Waals surface area contributed by atoms with Crippen LogP contribution in [0.25, 0.3) is 0 Å². The second-order valence-electron chi connectivity index (χ2n) is 6.62. The van der Waals surface area contributed by atoms with Gasteiger partial charge in [-0.05, 0) is 32.6 Å². The summed E-state index contributed by atoms with van der Waals surface area (Å²) in [4.78, 5) is 10.8. The Morgan fingerprint density at radius 1 is 1.04 bits per heavy atom. The minimum Gasteiger partial charge on any atom is -0.456 e. The van der Waals surface area contributed by atoms with Gasteiger partial charge in [0.1, 0.15) is 6.10 Å². The third kappa shape index (κ3) is 5.84. The Kier molecular flexibility index (Phi) is 6.06. The predicted molar refractivity (Wildman–Crippen MR) is 72.3 cm³/mol. The zero-order valence-electron chi connectivity index (χ0n) is 13.3. The van der Waals surface area contributed by atoms with Gasteiger partial charge in [0.2, 0.25) is 5.92 Å². The van der Waals surface area contributed by atoms with E-state index in [1.165, 1.54) is 0 Å². The Hall–Kier alpha value is -0.960. The zero-order chi connectivity index (χ0) is 18.0. The van der Waals surface area contributed by atoms with E-state index in [2.05, 4.69) is 4.74 Å². The number of rotatable bonds is 4. The van der Waals surface area contributed by atoms with Crippen LogP contribution >= 0.6 is 0 Å². The van der Waals surface area contributed by atoms with Gasteiger partial charge in [0.25, 0.3) is 0 Å². The second kappa shape index (κ2) is 7.51. The largest absolute Gasteiger partial charge is 0.490 e. The monoisotopic (exact) mass is 360 g/mol. The van der Waals surface area contributed by atoms with E-state index in [0.29, 0.717) is 25.7 Å². The molecule has 1 saturated heterocycles. The SMILES string of the molecule is CC(F)(F)CC1COC(C2CCC(OC(=O)C(F)(F)F)CC2)OC1. The van der Waals surface area contributed by atoms with E-state index in [1.54, 1.807) is 0 Å². The lowest BCUT2D eigenvalue weighted by atomic mass is 9.86. The van der Waals surface area contributed by atoms with E-state index in [0.717, 1.165) is 6.92 Å². The minimum atomic E-state index is -4.98. The summed E-state index contributed by atoms with van der Waals surface area (Å²) < 4.78 is 77.8. The smallest absolute Gasteiger partial charge is 0.456 e. The molecule has 1 aliphatic carbocycles. The Balaban J connectivity index is 1.71. The first kappa shape index (κ1) is 19.4. The van der Waals surface area contributed by atoms with Crippen molar-refractivity contribution in [2.45, 2.75) is 63.5 Å². The lowest BCUT2D eigenvalue weighted by molar-refractivity contribution is -0.238. The Morgan fingerprint density at radius 2 is 1.58 bits per heavy atom. The number of carbonyl (C=O) groups excluding carboxylic acids is 1. The molecule has 9 heteroatoms. The molecule has 0 spiro atoms. The summed E-state index contributed by atoms with van der Waals surface area (Å²) in [6.45, 7) is 1.21. The Labute approximate surface area is 136 Å². The summed E-state index contributed by atoms with van der Waals surface area (Å²) in [5.74, 6) is -5.34. The highest BCUT2D eigenvalue weighted by Gasteiger charge is 2.43. The maximum atomic E-state index is 13.0. The summed E-state index contributed by atoms with van der Waals surface area (Å²) in [6, 6.07) is 0. The molecule has 140 valence electrons. The number of halogens is 5. The zero-order valence-corrected chi connectivity index (χ0v) is 13.3. The van der Waals surface area contributed by atoms with E-state index in [4.69, 9.17) is 9.47 Å². The summed E-state index contributed by atoms with van der Waals surface area (Å²) in [5.41, 5.74) is 0. The molecule has 1 aliphatic heterocycles. The van der Waals surface area contributed by atoms with E-state index in [1.807, 2.05) is 0 Å². The molecule has 0 atom stereocenters.